The first-order valence-electron chi connectivity index (χ1n) is 6.47. The number of unbranched alkanes of at least 4 members (excludes halogenated alkanes) is 3. The van der Waals surface area contributed by atoms with Crippen LogP contribution in [0.4, 0.5) is 0 Å². The van der Waals surface area contributed by atoms with Crippen molar-refractivity contribution in [3.05, 3.63) is 0 Å². The Morgan fingerprint density at radius 1 is 0.688 bits per heavy atom. The Morgan fingerprint density at radius 2 is 0.938 bits per heavy atom. The molecule has 0 aliphatic rings. The van der Waals surface area contributed by atoms with E-state index in [4.69, 9.17) is 0 Å². The molecule has 0 spiro atoms. The first-order valence-corrected chi connectivity index (χ1v) is 9.17. The minimum absolute atomic E-state index is 0. The summed E-state index contributed by atoms with van der Waals surface area (Å²) < 4.78 is 0. The summed E-state index contributed by atoms with van der Waals surface area (Å²) >= 11 is 0. The molecule has 0 saturated carbocycles. The second kappa shape index (κ2) is 8.41. The second-order valence-corrected chi connectivity index (χ2v) is 9.40. The van der Waals surface area contributed by atoms with E-state index in [-0.39, 0.29) is 6.15 Å². The van der Waals surface area contributed by atoms with E-state index in [0.717, 1.165) is 38.5 Å². The fourth-order valence-electron chi connectivity index (χ4n) is 1.90. The third-order valence-corrected chi connectivity index (χ3v) is 7.13. The van der Waals surface area contributed by atoms with Crippen molar-refractivity contribution < 1.29 is 9.79 Å². The van der Waals surface area contributed by atoms with Gasteiger partial charge < -0.3 is 6.15 Å². The van der Waals surface area contributed by atoms with E-state index in [9.17, 15) is 9.79 Å². The van der Waals surface area contributed by atoms with E-state index in [1.165, 1.54) is 0 Å². The van der Waals surface area contributed by atoms with Crippen LogP contribution >= 0.6 is 7.06 Å². The van der Waals surface area contributed by atoms with Crippen LogP contribution < -0.4 is 6.15 Å². The average Bonchev–Trinajstić information content (AvgIpc) is 2.22. The monoisotopic (exact) mass is 253 g/mol. The van der Waals surface area contributed by atoms with Crippen molar-refractivity contribution in [3.8, 4) is 0 Å². The largest absolute Gasteiger partial charge is 0.344 e. The summed E-state index contributed by atoms with van der Waals surface area (Å²) in [5.41, 5.74) is 0. The van der Waals surface area contributed by atoms with Gasteiger partial charge in [-0.05, 0) is 0 Å². The van der Waals surface area contributed by atoms with E-state index in [1.807, 2.05) is 0 Å². The fraction of sp³-hybridized carbons (Fsp3) is 1.00. The van der Waals surface area contributed by atoms with E-state index >= 15 is 0 Å². The SMILES string of the molecule is CCCCP(O)(O)(CCCC)CCCC.N. The first kappa shape index (κ1) is 18.7. The van der Waals surface area contributed by atoms with Gasteiger partial charge in [0.1, 0.15) is 0 Å². The minimum atomic E-state index is -3.28. The van der Waals surface area contributed by atoms with Gasteiger partial charge in [0.2, 0.25) is 0 Å². The van der Waals surface area contributed by atoms with Crippen molar-refractivity contribution in [2.75, 3.05) is 18.5 Å². The normalized spacial score (nSPS) is 13.9. The molecular formula is C12H32NO2P. The number of hydrogen-bond donors (Lipinski definition) is 3. The molecule has 0 fully saturated rings. The predicted molar refractivity (Wildman–Crippen MR) is 75.7 cm³/mol. The molecule has 0 atom stereocenters. The summed E-state index contributed by atoms with van der Waals surface area (Å²) in [6.07, 6.45) is 7.99. The molecule has 0 aromatic heterocycles. The van der Waals surface area contributed by atoms with Crippen molar-refractivity contribution in [1.29, 1.82) is 0 Å². The molecule has 3 nitrogen and oxygen atoms in total. The fourth-order valence-corrected chi connectivity index (χ4v) is 5.71. The Morgan fingerprint density at radius 3 is 1.12 bits per heavy atom. The van der Waals surface area contributed by atoms with Gasteiger partial charge in [-0.25, -0.2) is 0 Å². The summed E-state index contributed by atoms with van der Waals surface area (Å²) in [7, 11) is -3.28. The van der Waals surface area contributed by atoms with Gasteiger partial charge in [0, 0.05) is 0 Å². The average molecular weight is 253 g/mol. The molecule has 0 aromatic rings. The van der Waals surface area contributed by atoms with Gasteiger partial charge in [0.25, 0.3) is 0 Å². The van der Waals surface area contributed by atoms with E-state index in [0.29, 0.717) is 18.5 Å². The molecule has 0 amide bonds. The number of rotatable bonds is 9. The molecule has 0 bridgehead atoms. The Balaban J connectivity index is 0. The van der Waals surface area contributed by atoms with Gasteiger partial charge >= 0.3 is 94.6 Å². The summed E-state index contributed by atoms with van der Waals surface area (Å²) in [4.78, 5) is 21.1. The summed E-state index contributed by atoms with van der Waals surface area (Å²) in [6, 6.07) is 0. The summed E-state index contributed by atoms with van der Waals surface area (Å²) in [5.74, 6) is 0. The van der Waals surface area contributed by atoms with Crippen LogP contribution in [-0.2, 0) is 0 Å². The first-order chi connectivity index (χ1) is 6.96. The molecule has 102 valence electrons. The van der Waals surface area contributed by atoms with Gasteiger partial charge in [0.05, 0.1) is 0 Å². The van der Waals surface area contributed by atoms with Crippen LogP contribution in [0.25, 0.3) is 0 Å². The Bertz CT molecular complexity index is 146. The summed E-state index contributed by atoms with van der Waals surface area (Å²) in [5, 5.41) is 0. The van der Waals surface area contributed by atoms with Gasteiger partial charge in [-0.2, -0.15) is 0 Å². The van der Waals surface area contributed by atoms with Gasteiger partial charge in [-0.1, -0.05) is 0 Å². The quantitative estimate of drug-likeness (QED) is 0.545. The molecule has 0 radical (unpaired) electrons. The zero-order valence-electron chi connectivity index (χ0n) is 11.4. The third-order valence-electron chi connectivity index (χ3n) is 3.08. The molecule has 0 unspecified atom stereocenters. The van der Waals surface area contributed by atoms with Crippen molar-refractivity contribution in [2.24, 2.45) is 0 Å². The molecule has 0 aromatic carbocycles. The van der Waals surface area contributed by atoms with Crippen LogP contribution in [0.3, 0.4) is 0 Å². The van der Waals surface area contributed by atoms with Gasteiger partial charge in [-0.3, -0.25) is 0 Å². The van der Waals surface area contributed by atoms with Crippen molar-refractivity contribution >= 4 is 7.06 Å². The smallest absolute Gasteiger partial charge is 0.344 e. The van der Waals surface area contributed by atoms with Crippen molar-refractivity contribution in [1.82, 2.24) is 6.15 Å². The topological polar surface area (TPSA) is 75.5 Å². The third kappa shape index (κ3) is 7.56. The van der Waals surface area contributed by atoms with Crippen LogP contribution in [-0.4, -0.2) is 28.3 Å². The van der Waals surface area contributed by atoms with Gasteiger partial charge in [0.15, 0.2) is 0 Å². The van der Waals surface area contributed by atoms with E-state index < -0.39 is 7.06 Å². The molecule has 4 heteroatoms. The Labute approximate surface area is 101 Å². The Kier molecular flexibility index (Phi) is 9.81. The maximum Gasteiger partial charge on any atom is -0.344 e. The Hall–Kier alpha value is 0.310. The molecule has 0 aliphatic heterocycles. The predicted octanol–water partition coefficient (Wildman–Crippen LogP) is 3.92. The molecule has 16 heavy (non-hydrogen) atoms. The maximum absolute atomic E-state index is 10.6. The molecule has 0 saturated heterocycles. The van der Waals surface area contributed by atoms with Crippen LogP contribution in [0, 0.1) is 0 Å². The molecule has 5 N–H and O–H groups in total. The minimum Gasteiger partial charge on any atom is -0.344 e. The van der Waals surface area contributed by atoms with Crippen LogP contribution in [0.1, 0.15) is 59.3 Å². The van der Waals surface area contributed by atoms with Gasteiger partial charge in [-0.15, -0.1) is 0 Å². The standard InChI is InChI=1S/C12H29O2P.H3N/c1-4-7-10-15(13,14,11-8-5-2)12-9-6-3;/h13-14H,4-12H2,1-3H3;1H3. The molecule has 0 rings (SSSR count). The molecule has 0 aliphatic carbocycles. The van der Waals surface area contributed by atoms with Crippen LogP contribution in [0.15, 0.2) is 0 Å². The summed E-state index contributed by atoms with van der Waals surface area (Å²) in [6.45, 7) is 6.32. The molecular weight excluding hydrogens is 221 g/mol. The van der Waals surface area contributed by atoms with E-state index in [1.54, 1.807) is 0 Å². The molecule has 0 heterocycles. The van der Waals surface area contributed by atoms with E-state index in [2.05, 4.69) is 20.8 Å². The maximum atomic E-state index is 10.6. The zero-order valence-corrected chi connectivity index (χ0v) is 12.3. The zero-order chi connectivity index (χ0) is 11.8. The number of hydrogen-bond acceptors (Lipinski definition) is 3. The van der Waals surface area contributed by atoms with Crippen molar-refractivity contribution in [2.45, 2.75) is 59.3 Å². The van der Waals surface area contributed by atoms with Crippen molar-refractivity contribution in [3.63, 3.8) is 0 Å². The second-order valence-electron chi connectivity index (χ2n) is 4.84. The van der Waals surface area contributed by atoms with Crippen LogP contribution in [0.5, 0.6) is 0 Å². The van der Waals surface area contributed by atoms with Crippen LogP contribution in [0.2, 0.25) is 0 Å².